The quantitative estimate of drug-likeness (QED) is 0.654. The van der Waals surface area contributed by atoms with Crippen molar-refractivity contribution in [3.8, 4) is 11.8 Å². The first-order valence-corrected chi connectivity index (χ1v) is 4.10. The lowest BCUT2D eigenvalue weighted by Crippen LogP contribution is -2.04. The van der Waals surface area contributed by atoms with Gasteiger partial charge in [-0.1, -0.05) is 23.4 Å². The number of halogens is 1. The molecule has 0 saturated carbocycles. The summed E-state index contributed by atoms with van der Waals surface area (Å²) in [5.41, 5.74) is 0.312. The number of hydrogen-bond acceptors (Lipinski definition) is 2. The van der Waals surface area contributed by atoms with Crippen molar-refractivity contribution in [2.24, 2.45) is 0 Å². The second-order valence-electron chi connectivity index (χ2n) is 2.34. The first-order valence-electron chi connectivity index (χ1n) is 3.72. The number of hydrogen-bond donors (Lipinski definition) is 2. The van der Waals surface area contributed by atoms with Gasteiger partial charge in [0.2, 0.25) is 0 Å². The van der Waals surface area contributed by atoms with Crippen LogP contribution in [0.5, 0.6) is 0 Å². The predicted octanol–water partition coefficient (Wildman–Crippen LogP) is 0.762. The van der Waals surface area contributed by atoms with E-state index in [2.05, 4.69) is 16.8 Å². The van der Waals surface area contributed by atoms with Crippen molar-refractivity contribution >= 4 is 11.6 Å². The van der Waals surface area contributed by atoms with E-state index in [1.54, 1.807) is 0 Å². The zero-order chi connectivity index (χ0) is 9.68. The normalized spacial score (nSPS) is 9.08. The maximum absolute atomic E-state index is 10.8. The summed E-state index contributed by atoms with van der Waals surface area (Å²) in [4.78, 5) is 13.3. The molecule has 0 aromatic carbocycles. The van der Waals surface area contributed by atoms with Gasteiger partial charge in [-0.15, -0.1) is 0 Å². The van der Waals surface area contributed by atoms with Gasteiger partial charge in [0.25, 0.3) is 5.56 Å². The topological polar surface area (TPSA) is 53.1 Å². The highest BCUT2D eigenvalue weighted by molar-refractivity contribution is 6.30. The Balaban J connectivity index is 2.87. The Morgan fingerprint density at radius 2 is 2.38 bits per heavy atom. The van der Waals surface area contributed by atoms with E-state index in [0.29, 0.717) is 12.0 Å². The molecule has 13 heavy (non-hydrogen) atoms. The van der Waals surface area contributed by atoms with Crippen LogP contribution >= 0.6 is 11.6 Å². The molecule has 0 atom stereocenters. The third-order valence-corrected chi connectivity index (χ3v) is 1.61. The van der Waals surface area contributed by atoms with Crippen LogP contribution in [-0.2, 0) is 0 Å². The minimum atomic E-state index is -0.325. The minimum absolute atomic E-state index is 0.0318. The summed E-state index contributed by atoms with van der Waals surface area (Å²) in [6, 6.07) is 1.49. The van der Waals surface area contributed by atoms with Crippen molar-refractivity contribution in [2.75, 3.05) is 6.61 Å². The highest BCUT2D eigenvalue weighted by Gasteiger charge is 1.94. The number of aromatic amines is 1. The molecular formula is C9H8ClNO2. The van der Waals surface area contributed by atoms with E-state index < -0.39 is 0 Å². The summed E-state index contributed by atoms with van der Waals surface area (Å²) in [7, 11) is 0. The molecule has 0 amide bonds. The molecule has 2 N–H and O–H groups in total. The molecule has 0 radical (unpaired) electrons. The van der Waals surface area contributed by atoms with Crippen LogP contribution in [0.2, 0.25) is 5.02 Å². The Hall–Kier alpha value is -1.24. The Labute approximate surface area is 80.4 Å². The number of nitrogens with one attached hydrogen (secondary N) is 1. The third-order valence-electron chi connectivity index (χ3n) is 1.33. The fourth-order valence-electron chi connectivity index (χ4n) is 0.749. The Bertz CT molecular complexity index is 400. The van der Waals surface area contributed by atoms with Crippen LogP contribution in [0.4, 0.5) is 0 Å². The zero-order valence-corrected chi connectivity index (χ0v) is 7.56. The van der Waals surface area contributed by atoms with Crippen LogP contribution in [0.3, 0.4) is 0 Å². The van der Waals surface area contributed by atoms with Gasteiger partial charge in [-0.3, -0.25) is 4.79 Å². The minimum Gasteiger partial charge on any atom is -0.395 e. The maximum atomic E-state index is 10.8. The van der Waals surface area contributed by atoms with Gasteiger partial charge in [0.15, 0.2) is 0 Å². The average Bonchev–Trinajstić information content (AvgIpc) is 2.12. The SMILES string of the molecule is O=c1[nH]cc(C#CCCO)cc1Cl. The summed E-state index contributed by atoms with van der Waals surface area (Å²) in [6.45, 7) is 0.0318. The number of H-pyrrole nitrogens is 1. The van der Waals surface area contributed by atoms with Crippen LogP contribution in [-0.4, -0.2) is 16.7 Å². The average molecular weight is 198 g/mol. The van der Waals surface area contributed by atoms with E-state index in [-0.39, 0.29) is 17.2 Å². The molecule has 0 unspecified atom stereocenters. The van der Waals surface area contributed by atoms with E-state index in [1.165, 1.54) is 12.3 Å². The van der Waals surface area contributed by atoms with Gasteiger partial charge in [0, 0.05) is 18.2 Å². The van der Waals surface area contributed by atoms with Gasteiger partial charge >= 0.3 is 0 Å². The van der Waals surface area contributed by atoms with Crippen LogP contribution in [0, 0.1) is 11.8 Å². The number of aromatic nitrogens is 1. The molecule has 3 nitrogen and oxygen atoms in total. The molecule has 4 heteroatoms. The smallest absolute Gasteiger partial charge is 0.266 e. The summed E-state index contributed by atoms with van der Waals surface area (Å²) >= 11 is 5.57. The van der Waals surface area contributed by atoms with E-state index in [4.69, 9.17) is 16.7 Å². The Morgan fingerprint density at radius 1 is 1.62 bits per heavy atom. The first-order chi connectivity index (χ1) is 6.24. The molecule has 1 aromatic rings. The second-order valence-corrected chi connectivity index (χ2v) is 2.75. The summed E-state index contributed by atoms with van der Waals surface area (Å²) in [5.74, 6) is 5.47. The molecule has 0 fully saturated rings. The van der Waals surface area contributed by atoms with Gasteiger partial charge in [0.05, 0.1) is 6.61 Å². The van der Waals surface area contributed by atoms with E-state index >= 15 is 0 Å². The van der Waals surface area contributed by atoms with Crippen molar-refractivity contribution in [2.45, 2.75) is 6.42 Å². The molecule has 0 saturated heterocycles. The molecule has 0 aliphatic heterocycles. The van der Waals surface area contributed by atoms with Crippen molar-refractivity contribution in [3.63, 3.8) is 0 Å². The number of aliphatic hydroxyl groups excluding tert-OH is 1. The van der Waals surface area contributed by atoms with Crippen molar-refractivity contribution in [1.29, 1.82) is 0 Å². The molecule has 0 bridgehead atoms. The number of rotatable bonds is 1. The monoisotopic (exact) mass is 197 g/mol. The Kier molecular flexibility index (Phi) is 3.56. The summed E-state index contributed by atoms with van der Waals surface area (Å²) in [6.07, 6.45) is 1.90. The molecule has 1 heterocycles. The van der Waals surface area contributed by atoms with Crippen LogP contribution in [0.25, 0.3) is 0 Å². The third kappa shape index (κ3) is 2.94. The standard InChI is InChI=1S/C9H8ClNO2/c10-8-5-7(3-1-2-4-12)6-11-9(8)13/h5-6,12H,2,4H2,(H,11,13). The molecule has 1 rings (SSSR count). The van der Waals surface area contributed by atoms with E-state index in [0.717, 1.165) is 0 Å². The molecule has 0 aliphatic rings. The van der Waals surface area contributed by atoms with Gasteiger partial charge in [-0.05, 0) is 6.07 Å². The molecule has 0 spiro atoms. The lowest BCUT2D eigenvalue weighted by molar-refractivity contribution is 0.305. The molecule has 1 aromatic heterocycles. The predicted molar refractivity (Wildman–Crippen MR) is 50.7 cm³/mol. The maximum Gasteiger partial charge on any atom is 0.266 e. The largest absolute Gasteiger partial charge is 0.395 e. The van der Waals surface area contributed by atoms with Gasteiger partial charge in [0.1, 0.15) is 5.02 Å². The molecule has 0 aliphatic carbocycles. The van der Waals surface area contributed by atoms with Gasteiger partial charge in [-0.2, -0.15) is 0 Å². The van der Waals surface area contributed by atoms with Crippen molar-refractivity contribution in [3.05, 3.63) is 33.2 Å². The fraction of sp³-hybridized carbons (Fsp3) is 0.222. The van der Waals surface area contributed by atoms with E-state index in [9.17, 15) is 4.79 Å². The lowest BCUT2D eigenvalue weighted by atomic mass is 10.3. The zero-order valence-electron chi connectivity index (χ0n) is 6.80. The van der Waals surface area contributed by atoms with Crippen LogP contribution < -0.4 is 5.56 Å². The van der Waals surface area contributed by atoms with Gasteiger partial charge < -0.3 is 10.1 Å². The Morgan fingerprint density at radius 3 is 3.00 bits per heavy atom. The lowest BCUT2D eigenvalue weighted by Gasteiger charge is -1.90. The van der Waals surface area contributed by atoms with Crippen LogP contribution in [0.1, 0.15) is 12.0 Å². The van der Waals surface area contributed by atoms with Gasteiger partial charge in [-0.25, -0.2) is 0 Å². The van der Waals surface area contributed by atoms with Crippen molar-refractivity contribution < 1.29 is 5.11 Å². The summed E-state index contributed by atoms with van der Waals surface area (Å²) in [5, 5.41) is 8.58. The second kappa shape index (κ2) is 4.70. The molecular weight excluding hydrogens is 190 g/mol. The highest BCUT2D eigenvalue weighted by atomic mass is 35.5. The first kappa shape index (κ1) is 9.85. The number of pyridine rings is 1. The van der Waals surface area contributed by atoms with Crippen molar-refractivity contribution in [1.82, 2.24) is 4.98 Å². The number of aliphatic hydroxyl groups is 1. The molecule has 68 valence electrons. The fourth-order valence-corrected chi connectivity index (χ4v) is 0.921. The van der Waals surface area contributed by atoms with E-state index in [1.807, 2.05) is 0 Å². The highest BCUT2D eigenvalue weighted by Crippen LogP contribution is 2.01. The van der Waals surface area contributed by atoms with Crippen LogP contribution in [0.15, 0.2) is 17.1 Å². The summed E-state index contributed by atoms with van der Waals surface area (Å²) < 4.78 is 0.